The zero-order valence-corrected chi connectivity index (χ0v) is 13.0. The van der Waals surface area contributed by atoms with E-state index < -0.39 is 9.84 Å². The third kappa shape index (κ3) is 3.20. The molecule has 0 bridgehead atoms. The minimum atomic E-state index is -3.29. The molecule has 0 N–H and O–H groups in total. The van der Waals surface area contributed by atoms with Gasteiger partial charge in [-0.2, -0.15) is 0 Å². The van der Waals surface area contributed by atoms with E-state index >= 15 is 0 Å². The zero-order valence-electron chi connectivity index (χ0n) is 12.2. The van der Waals surface area contributed by atoms with Crippen LogP contribution in [0, 0.1) is 12.8 Å². The van der Waals surface area contributed by atoms with Crippen LogP contribution in [0.25, 0.3) is 0 Å². The first-order chi connectivity index (χ1) is 9.29. The van der Waals surface area contributed by atoms with Gasteiger partial charge in [-0.05, 0) is 43.4 Å². The molecule has 1 amide bonds. The SMILES string of the molecule is Cc1ccc(S(C)(=O)=O)cc1C(=O)N1CCCC(C)C1. The van der Waals surface area contributed by atoms with Crippen LogP contribution in [0.15, 0.2) is 23.1 Å². The molecule has 1 saturated heterocycles. The average Bonchev–Trinajstić information content (AvgIpc) is 2.37. The highest BCUT2D eigenvalue weighted by Gasteiger charge is 2.24. The molecule has 1 aromatic carbocycles. The minimum Gasteiger partial charge on any atom is -0.338 e. The largest absolute Gasteiger partial charge is 0.338 e. The van der Waals surface area contributed by atoms with Crippen LogP contribution in [-0.4, -0.2) is 38.6 Å². The van der Waals surface area contributed by atoms with Crippen LogP contribution in [0.1, 0.15) is 35.7 Å². The molecule has 0 spiro atoms. The molecule has 0 aromatic heterocycles. The van der Waals surface area contributed by atoms with E-state index in [4.69, 9.17) is 0 Å². The summed E-state index contributed by atoms with van der Waals surface area (Å²) >= 11 is 0. The Morgan fingerprint density at radius 1 is 1.35 bits per heavy atom. The normalized spacial score (nSPS) is 19.9. The molecule has 1 aliphatic heterocycles. The van der Waals surface area contributed by atoms with E-state index in [-0.39, 0.29) is 10.8 Å². The van der Waals surface area contributed by atoms with Gasteiger partial charge in [-0.25, -0.2) is 8.42 Å². The Balaban J connectivity index is 2.34. The lowest BCUT2D eigenvalue weighted by atomic mass is 9.99. The number of sulfone groups is 1. The fourth-order valence-corrected chi connectivity index (χ4v) is 3.25. The maximum absolute atomic E-state index is 12.6. The number of hydrogen-bond acceptors (Lipinski definition) is 3. The number of carbonyl (C=O) groups is 1. The second kappa shape index (κ2) is 5.56. The highest BCUT2D eigenvalue weighted by molar-refractivity contribution is 7.90. The number of carbonyl (C=O) groups excluding carboxylic acids is 1. The predicted octanol–water partition coefficient (Wildman–Crippen LogP) is 2.27. The lowest BCUT2D eigenvalue weighted by Gasteiger charge is -2.31. The first-order valence-corrected chi connectivity index (χ1v) is 8.78. The van der Waals surface area contributed by atoms with Crippen molar-refractivity contribution in [1.29, 1.82) is 0 Å². The Hall–Kier alpha value is -1.36. The van der Waals surface area contributed by atoms with E-state index in [9.17, 15) is 13.2 Å². The van der Waals surface area contributed by atoms with Crippen LogP contribution in [-0.2, 0) is 9.84 Å². The van der Waals surface area contributed by atoms with Gasteiger partial charge in [-0.15, -0.1) is 0 Å². The number of aryl methyl sites for hydroxylation is 1. The summed E-state index contributed by atoms with van der Waals surface area (Å²) in [5.41, 5.74) is 1.32. The average molecular weight is 295 g/mol. The summed E-state index contributed by atoms with van der Waals surface area (Å²) in [5.74, 6) is 0.450. The molecule has 1 unspecified atom stereocenters. The molecule has 2 rings (SSSR count). The predicted molar refractivity (Wildman–Crippen MR) is 78.6 cm³/mol. The van der Waals surface area contributed by atoms with E-state index in [2.05, 4.69) is 6.92 Å². The molecule has 0 radical (unpaired) electrons. The summed E-state index contributed by atoms with van der Waals surface area (Å²) in [5, 5.41) is 0. The molecule has 1 atom stereocenters. The van der Waals surface area contributed by atoms with E-state index in [1.165, 1.54) is 6.07 Å². The van der Waals surface area contributed by atoms with E-state index in [1.54, 1.807) is 12.1 Å². The van der Waals surface area contributed by atoms with Crippen LogP contribution in [0.5, 0.6) is 0 Å². The first-order valence-electron chi connectivity index (χ1n) is 6.89. The molecule has 1 aromatic rings. The van der Waals surface area contributed by atoms with Crippen molar-refractivity contribution in [1.82, 2.24) is 4.90 Å². The lowest BCUT2D eigenvalue weighted by molar-refractivity contribution is 0.0682. The second-order valence-electron chi connectivity index (χ2n) is 5.75. The van der Waals surface area contributed by atoms with Gasteiger partial charge in [0, 0.05) is 24.9 Å². The summed E-state index contributed by atoms with van der Waals surface area (Å²) in [6.45, 7) is 5.49. The Kier molecular flexibility index (Phi) is 4.18. The lowest BCUT2D eigenvalue weighted by Crippen LogP contribution is -2.39. The number of rotatable bonds is 2. The Labute approximate surface area is 120 Å². The zero-order chi connectivity index (χ0) is 14.9. The number of hydrogen-bond donors (Lipinski definition) is 0. The van der Waals surface area contributed by atoms with Crippen molar-refractivity contribution in [2.75, 3.05) is 19.3 Å². The first kappa shape index (κ1) is 15.0. The van der Waals surface area contributed by atoms with Gasteiger partial charge in [0.25, 0.3) is 5.91 Å². The third-order valence-electron chi connectivity index (χ3n) is 3.81. The van der Waals surface area contributed by atoms with Gasteiger partial charge >= 0.3 is 0 Å². The second-order valence-corrected chi connectivity index (χ2v) is 7.76. The summed E-state index contributed by atoms with van der Waals surface area (Å²) < 4.78 is 23.2. The van der Waals surface area contributed by atoms with E-state index in [1.807, 2.05) is 11.8 Å². The highest BCUT2D eigenvalue weighted by Crippen LogP contribution is 2.21. The number of piperidine rings is 1. The molecule has 110 valence electrons. The van der Waals surface area contributed by atoms with E-state index in [0.717, 1.165) is 37.8 Å². The van der Waals surface area contributed by atoms with Crippen molar-refractivity contribution in [3.63, 3.8) is 0 Å². The fraction of sp³-hybridized carbons (Fsp3) is 0.533. The topological polar surface area (TPSA) is 54.5 Å². The Morgan fingerprint density at radius 2 is 2.05 bits per heavy atom. The highest BCUT2D eigenvalue weighted by atomic mass is 32.2. The molecular formula is C15H21NO3S. The van der Waals surface area contributed by atoms with Gasteiger partial charge in [-0.1, -0.05) is 13.0 Å². The Bertz CT molecular complexity index is 622. The Morgan fingerprint density at radius 3 is 2.65 bits per heavy atom. The molecule has 1 heterocycles. The molecule has 0 saturated carbocycles. The van der Waals surface area contributed by atoms with Gasteiger partial charge in [0.2, 0.25) is 0 Å². The molecular weight excluding hydrogens is 274 g/mol. The molecule has 0 aliphatic carbocycles. The summed E-state index contributed by atoms with van der Waals surface area (Å²) in [7, 11) is -3.29. The molecule has 1 aliphatic rings. The van der Waals surface area contributed by atoms with Gasteiger partial charge in [0.05, 0.1) is 4.90 Å². The van der Waals surface area contributed by atoms with Crippen LogP contribution in [0.2, 0.25) is 0 Å². The van der Waals surface area contributed by atoms with Crippen molar-refractivity contribution < 1.29 is 13.2 Å². The summed E-state index contributed by atoms with van der Waals surface area (Å²) in [6, 6.07) is 4.77. The molecule has 20 heavy (non-hydrogen) atoms. The maximum Gasteiger partial charge on any atom is 0.254 e. The number of nitrogens with zero attached hydrogens (tertiary/aromatic N) is 1. The van der Waals surface area contributed by atoms with Crippen molar-refractivity contribution in [2.45, 2.75) is 31.6 Å². The summed E-state index contributed by atoms with van der Waals surface area (Å²) in [6.07, 6.45) is 3.32. The van der Waals surface area contributed by atoms with Crippen molar-refractivity contribution in [3.05, 3.63) is 29.3 Å². The molecule has 4 nitrogen and oxygen atoms in total. The minimum absolute atomic E-state index is 0.0560. The maximum atomic E-state index is 12.6. The summed E-state index contributed by atoms with van der Waals surface area (Å²) in [4.78, 5) is 14.6. The number of likely N-dealkylation sites (tertiary alicyclic amines) is 1. The standard InChI is InChI=1S/C15H21NO3S/c1-11-5-4-8-16(10-11)15(17)14-9-13(20(3,18)19)7-6-12(14)2/h6-7,9,11H,4-5,8,10H2,1-3H3. The van der Waals surface area contributed by atoms with Crippen molar-refractivity contribution in [2.24, 2.45) is 5.92 Å². The van der Waals surface area contributed by atoms with Crippen LogP contribution >= 0.6 is 0 Å². The number of amides is 1. The van der Waals surface area contributed by atoms with Gasteiger partial charge in [-0.3, -0.25) is 4.79 Å². The van der Waals surface area contributed by atoms with Gasteiger partial charge < -0.3 is 4.90 Å². The monoisotopic (exact) mass is 295 g/mol. The molecule has 1 fully saturated rings. The van der Waals surface area contributed by atoms with Crippen LogP contribution in [0.3, 0.4) is 0 Å². The van der Waals surface area contributed by atoms with Gasteiger partial charge in [0.15, 0.2) is 9.84 Å². The fourth-order valence-electron chi connectivity index (χ4n) is 2.61. The van der Waals surface area contributed by atoms with Crippen LogP contribution < -0.4 is 0 Å². The van der Waals surface area contributed by atoms with Crippen LogP contribution in [0.4, 0.5) is 0 Å². The van der Waals surface area contributed by atoms with Crippen molar-refractivity contribution >= 4 is 15.7 Å². The quantitative estimate of drug-likeness (QED) is 0.841. The number of benzene rings is 1. The molecule has 5 heteroatoms. The van der Waals surface area contributed by atoms with Gasteiger partial charge in [0.1, 0.15) is 0 Å². The third-order valence-corrected chi connectivity index (χ3v) is 4.92. The van der Waals surface area contributed by atoms with Crippen molar-refractivity contribution in [3.8, 4) is 0 Å². The van der Waals surface area contributed by atoms with E-state index in [0.29, 0.717) is 11.5 Å². The smallest absolute Gasteiger partial charge is 0.254 e.